The highest BCUT2D eigenvalue weighted by Gasteiger charge is 2.48. The standard InChI is InChI=1S/C22H20BrN5O2.C22H20N8O2.C21H16N6O2.C21H20N6O2.C19H20BrN5O2/c23-18-19(12-3-5-13(6-4-12)22(29)30)27-21-16(11-26-28(21)20(18)24)14-7-8-17-15(10-14)2-1-9-25-17;23-17-10-18(29-7-5-22(6-8-29)20(31)27-21(32)28-22)26-19-15(12-25-30(17)19)14-9-13-3-1-2-4-16(13)24-11-14;1-29-21(28)18-7-14(10-24-18)17-8-19(22)27-20(26-17)15(11-25-27)13-6-12-4-2-3-5-16(12)23-9-13;1-29-21(28)14-6-7-26(12-14)19-9-18(22)27-20(25-19)16(11-24-27)15-8-13-4-2-3-5-17(13)23-10-15;1-10-6-13(8-22-7-10)14-9-23-25-17(21)15(20)16(24-18(14)25)11-2-4-12(5-3-11)19(26)27/h1-2,7-13H,3-6,24H2,(H,29,30);1-4,9-12H,5-8,23H2,(H2,27,28,31,32);2-11,24H,22H2,1H3;2-5,8-11,14H,6-7,12,22H2,1H3;6-9,11-12H,2-5,21H2,1H3,(H,26,27). The average Bonchev–Trinajstić information content (AvgIpc) is 1.64. The minimum atomic E-state index is -0.832. The number of aliphatic carboxylic acids is 2. The predicted octanol–water partition coefficient (Wildman–Crippen LogP) is 16.0. The van der Waals surface area contributed by atoms with Crippen molar-refractivity contribution in [2.45, 2.75) is 94.9 Å². The molecule has 2 saturated carbocycles. The summed E-state index contributed by atoms with van der Waals surface area (Å²) in [6.07, 6.45) is 28.8. The number of pyridine rings is 5. The van der Waals surface area contributed by atoms with E-state index in [2.05, 4.69) is 132 Å². The SMILES string of the molecule is COC(=O)C1CCN(c2cc(N)n3ncc(-c4cnc5ccccc5c4)c3n2)C1.COC(=O)c1cc(-c2cc(N)n3ncc(-c4cnc5ccccc5c4)c3n2)c[nH]1.Cc1cncc(-c2cnn3c(N)c(Br)c(C4CCC(C(=O)O)CC4)nc23)c1.Nc1c(Br)c(C2CCC(C(=O)O)CC2)nc2c(-c3ccc4ncccc4c3)cnn12.Nc1cc(N2CCC3(CC2)NC(=O)NC3=O)nc2c(-c3cnc4ccccc4c3)cnn12. The van der Waals surface area contributed by atoms with Crippen molar-refractivity contribution in [3.8, 4) is 66.9 Å². The van der Waals surface area contributed by atoms with Gasteiger partial charge in [0.25, 0.3) is 5.91 Å². The highest BCUT2D eigenvalue weighted by molar-refractivity contribution is 9.11. The van der Waals surface area contributed by atoms with E-state index < -0.39 is 29.5 Å². The lowest BCUT2D eigenvalue weighted by atomic mass is 9.80. The number of aryl methyl sites for hydroxylation is 1. The Kier molecular flexibility index (Phi) is 26.0. The van der Waals surface area contributed by atoms with Crippen LogP contribution in [0.3, 0.4) is 0 Å². The van der Waals surface area contributed by atoms with Crippen LogP contribution in [0.15, 0.2) is 235 Å². The molecule has 3 saturated heterocycles. The summed E-state index contributed by atoms with van der Waals surface area (Å²) in [4.78, 5) is 123. The number of para-hydroxylation sites is 3. The first kappa shape index (κ1) is 95.6. The number of hydrogen-bond acceptors (Lipinski definition) is 30. The monoisotopic (exact) mass is 2090 g/mol. The van der Waals surface area contributed by atoms with Gasteiger partial charge < -0.3 is 68.5 Å². The second-order valence-corrected chi connectivity index (χ2v) is 38.5. The zero-order valence-electron chi connectivity index (χ0n) is 79.5. The van der Waals surface area contributed by atoms with Gasteiger partial charge in [0.1, 0.15) is 52.0 Å². The number of rotatable bonds is 14. The maximum atomic E-state index is 12.2. The fraction of sp³-hybridized carbons (Fsp3) is 0.229. The molecule has 1 spiro atoms. The first-order chi connectivity index (χ1) is 71.3. The molecule has 16 aromatic heterocycles. The lowest BCUT2D eigenvalue weighted by Gasteiger charge is -2.37. The highest BCUT2D eigenvalue weighted by atomic mass is 79.9. The lowest BCUT2D eigenvalue weighted by molar-refractivity contribution is -0.145. The van der Waals surface area contributed by atoms with E-state index in [0.717, 1.165) is 175 Å². The number of hydrogen-bond donors (Lipinski definition) is 10. The number of imide groups is 1. The smallest absolute Gasteiger partial charge is 0.354 e. The fourth-order valence-electron chi connectivity index (χ4n) is 19.9. The number of carboxylic acids is 2. The molecular weight excluding hydrogens is 2000 g/mol. The van der Waals surface area contributed by atoms with Gasteiger partial charge >= 0.3 is 29.9 Å². The van der Waals surface area contributed by atoms with E-state index in [1.807, 2.05) is 122 Å². The normalized spacial score (nSPS) is 17.0. The number of carboxylic acid groups (broad SMARTS) is 2. The van der Waals surface area contributed by atoms with E-state index in [0.29, 0.717) is 133 Å². The number of methoxy groups -OCH3 is 2. The molecule has 2 aliphatic carbocycles. The number of anilines is 7. The van der Waals surface area contributed by atoms with Crippen molar-refractivity contribution in [3.05, 3.63) is 258 Å². The summed E-state index contributed by atoms with van der Waals surface area (Å²) in [6, 6.07) is 48.6. The summed E-state index contributed by atoms with van der Waals surface area (Å²) < 4.78 is 19.2. The maximum absolute atomic E-state index is 12.2. The average molecular weight is 2100 g/mol. The first-order valence-electron chi connectivity index (χ1n) is 47.6. The van der Waals surface area contributed by atoms with Gasteiger partial charge in [-0.15, -0.1) is 0 Å². The van der Waals surface area contributed by atoms with Crippen molar-refractivity contribution in [3.63, 3.8) is 0 Å². The van der Waals surface area contributed by atoms with E-state index >= 15 is 0 Å². The zero-order valence-corrected chi connectivity index (χ0v) is 82.7. The summed E-state index contributed by atoms with van der Waals surface area (Å²) in [6.45, 7) is 4.42. The number of nitrogens with two attached hydrogens (primary N) is 5. The van der Waals surface area contributed by atoms with E-state index in [4.69, 9.17) is 63.1 Å². The van der Waals surface area contributed by atoms with E-state index in [9.17, 15) is 39.0 Å². The van der Waals surface area contributed by atoms with Gasteiger partial charge in [-0.25, -0.2) is 34.5 Å². The largest absolute Gasteiger partial charge is 0.481 e. The Morgan fingerprint density at radius 1 is 0.429 bits per heavy atom. The topological polar surface area (TPSA) is 553 Å². The third-order valence-corrected chi connectivity index (χ3v) is 29.5. The molecule has 40 nitrogen and oxygen atoms in total. The Labute approximate surface area is 852 Å². The summed E-state index contributed by atoms with van der Waals surface area (Å²) in [5.74, 6) is 1.23. The molecular formula is C105H96Br2N30O10. The number of aromatic amines is 1. The third kappa shape index (κ3) is 18.8. The number of benzene rings is 4. The van der Waals surface area contributed by atoms with Crippen LogP contribution in [0.4, 0.5) is 45.5 Å². The molecule has 1 atom stereocenters. The number of nitrogens with zero attached hydrogens (tertiary/aromatic N) is 22. The van der Waals surface area contributed by atoms with Gasteiger partial charge in [-0.05, 0) is 187 Å². The molecule has 4 aromatic carbocycles. The Bertz CT molecular complexity index is 8610. The van der Waals surface area contributed by atoms with Crippen molar-refractivity contribution < 1.29 is 48.5 Å². The Hall–Kier alpha value is -17.6. The molecule has 25 rings (SSSR count). The Morgan fingerprint density at radius 2 is 0.864 bits per heavy atom. The molecule has 3 aliphatic heterocycles. The minimum Gasteiger partial charge on any atom is -0.481 e. The Balaban J connectivity index is 0.000000108. The number of carbonyl (C=O) groups is 6. The molecule has 147 heavy (non-hydrogen) atoms. The highest BCUT2D eigenvalue weighted by Crippen LogP contribution is 2.45. The molecule has 5 fully saturated rings. The van der Waals surface area contributed by atoms with Gasteiger partial charge in [-0.2, -0.15) is 48.1 Å². The predicted molar refractivity (Wildman–Crippen MR) is 562 cm³/mol. The molecule has 15 N–H and O–H groups in total. The van der Waals surface area contributed by atoms with E-state index in [-0.39, 0.29) is 41.5 Å². The number of fused-ring (bicyclic) bond motifs is 9. The number of esters is 2. The van der Waals surface area contributed by atoms with Crippen LogP contribution in [0.2, 0.25) is 0 Å². The van der Waals surface area contributed by atoms with Crippen LogP contribution in [-0.4, -0.2) is 195 Å². The number of ether oxygens (including phenoxy) is 2. The molecule has 19 heterocycles. The van der Waals surface area contributed by atoms with Crippen LogP contribution in [0.5, 0.6) is 0 Å². The van der Waals surface area contributed by atoms with Gasteiger partial charge in [0.2, 0.25) is 0 Å². The molecule has 42 heteroatoms. The van der Waals surface area contributed by atoms with Gasteiger partial charge in [0.05, 0.1) is 111 Å². The minimum absolute atomic E-state index is 0.145. The fourth-order valence-corrected chi connectivity index (χ4v) is 21.1. The number of H-pyrrole nitrogens is 1. The second kappa shape index (κ2) is 40.0. The number of nitrogen functional groups attached to an aromatic ring is 5. The van der Waals surface area contributed by atoms with Crippen LogP contribution in [0.25, 0.3) is 139 Å². The van der Waals surface area contributed by atoms with Crippen molar-refractivity contribution in [2.24, 2.45) is 17.8 Å². The summed E-state index contributed by atoms with van der Waals surface area (Å²) in [5.41, 5.74) is 51.2. The van der Waals surface area contributed by atoms with Gasteiger partial charge in [0, 0.05) is 177 Å². The molecule has 740 valence electrons. The van der Waals surface area contributed by atoms with E-state index in [1.165, 1.54) is 14.2 Å². The zero-order chi connectivity index (χ0) is 102. The van der Waals surface area contributed by atoms with Crippen LogP contribution in [0, 0.1) is 24.7 Å². The van der Waals surface area contributed by atoms with Crippen molar-refractivity contribution in [2.75, 3.05) is 78.9 Å². The number of aromatic nitrogens is 21. The Morgan fingerprint density at radius 3 is 1.33 bits per heavy atom. The molecule has 3 amide bonds. The molecule has 20 aromatic rings. The van der Waals surface area contributed by atoms with Gasteiger partial charge in [-0.3, -0.25) is 49.4 Å². The van der Waals surface area contributed by atoms with Crippen LogP contribution in [-0.2, 0) is 28.7 Å². The van der Waals surface area contributed by atoms with Gasteiger partial charge in [-0.1, -0.05) is 66.7 Å². The van der Waals surface area contributed by atoms with E-state index in [1.54, 1.807) is 109 Å². The number of nitrogens with one attached hydrogen (secondary N) is 3. The van der Waals surface area contributed by atoms with Crippen molar-refractivity contribution in [1.82, 2.24) is 114 Å². The first-order valence-corrected chi connectivity index (χ1v) is 49.2. The summed E-state index contributed by atoms with van der Waals surface area (Å²) in [5, 5.41) is 49.9. The van der Waals surface area contributed by atoms with Crippen LogP contribution in [0.1, 0.15) is 110 Å². The maximum Gasteiger partial charge on any atom is 0.354 e. The summed E-state index contributed by atoms with van der Waals surface area (Å²) >= 11 is 7.19. The quantitative estimate of drug-likeness (QED) is 0.0357. The second-order valence-electron chi connectivity index (χ2n) is 36.9. The number of carbonyl (C=O) groups excluding carboxylic acids is 4. The number of piperidine rings is 1. The molecule has 0 radical (unpaired) electrons. The number of halogens is 2. The number of amides is 3. The molecule has 1 unspecified atom stereocenters. The molecule has 5 aliphatic rings. The molecule has 0 bridgehead atoms. The van der Waals surface area contributed by atoms with Crippen molar-refractivity contribution in [1.29, 1.82) is 0 Å². The van der Waals surface area contributed by atoms with Crippen molar-refractivity contribution >= 4 is 180 Å². The van der Waals surface area contributed by atoms with Gasteiger partial charge in [0.15, 0.2) is 28.2 Å². The third-order valence-electron chi connectivity index (χ3n) is 27.9. The summed E-state index contributed by atoms with van der Waals surface area (Å²) in [7, 11) is 2.75. The lowest BCUT2D eigenvalue weighted by Crippen LogP contribution is -2.55. The number of urea groups is 1. The van der Waals surface area contributed by atoms with Crippen LogP contribution >= 0.6 is 31.9 Å². The van der Waals surface area contributed by atoms with Crippen LogP contribution < -0.4 is 49.1 Å².